The Labute approximate surface area is 87.7 Å². The topological polar surface area (TPSA) is 32.3 Å². The van der Waals surface area contributed by atoms with Crippen LogP contribution >= 0.6 is 11.6 Å². The lowest BCUT2D eigenvalue weighted by molar-refractivity contribution is 0.269. The number of nitrogens with one attached hydrogen (secondary N) is 1. The second kappa shape index (κ2) is 5.29. The second-order valence-corrected chi connectivity index (χ2v) is 3.43. The van der Waals surface area contributed by atoms with Crippen molar-refractivity contribution >= 4 is 11.6 Å². The van der Waals surface area contributed by atoms with Gasteiger partial charge in [0.25, 0.3) is 0 Å². The molecule has 0 saturated carbocycles. The molecule has 0 heterocycles. The average Bonchev–Trinajstić information content (AvgIpc) is 2.19. The minimum Gasteiger partial charge on any atom is -0.396 e. The fourth-order valence-corrected chi connectivity index (χ4v) is 1.52. The summed E-state index contributed by atoms with van der Waals surface area (Å²) in [5, 5.41) is 11.9. The van der Waals surface area contributed by atoms with Crippen molar-refractivity contribution in [3.05, 3.63) is 34.6 Å². The highest BCUT2D eigenvalue weighted by Gasteiger charge is 2.10. The van der Waals surface area contributed by atoms with Gasteiger partial charge in [-0.25, -0.2) is 4.39 Å². The molecular formula is C10H13ClFNO. The van der Waals surface area contributed by atoms with Crippen molar-refractivity contribution in [1.29, 1.82) is 0 Å². The van der Waals surface area contributed by atoms with Crippen molar-refractivity contribution in [1.82, 2.24) is 5.32 Å². The molecule has 14 heavy (non-hydrogen) atoms. The van der Waals surface area contributed by atoms with Crippen molar-refractivity contribution in [2.24, 2.45) is 0 Å². The van der Waals surface area contributed by atoms with Crippen LogP contribution in [0, 0.1) is 5.82 Å². The van der Waals surface area contributed by atoms with Crippen LogP contribution in [0.3, 0.4) is 0 Å². The van der Waals surface area contributed by atoms with E-state index in [-0.39, 0.29) is 17.7 Å². The zero-order chi connectivity index (χ0) is 10.6. The number of hydrogen-bond acceptors (Lipinski definition) is 2. The maximum atomic E-state index is 12.9. The number of benzene rings is 1. The van der Waals surface area contributed by atoms with E-state index in [0.717, 1.165) is 5.56 Å². The van der Waals surface area contributed by atoms with Gasteiger partial charge in [-0.2, -0.15) is 0 Å². The van der Waals surface area contributed by atoms with E-state index in [4.69, 9.17) is 16.7 Å². The van der Waals surface area contributed by atoms with Gasteiger partial charge in [-0.15, -0.1) is 0 Å². The molecular weight excluding hydrogens is 205 g/mol. The van der Waals surface area contributed by atoms with Crippen LogP contribution in [0.1, 0.15) is 18.0 Å². The monoisotopic (exact) mass is 217 g/mol. The number of hydrogen-bond donors (Lipinski definition) is 2. The Kier molecular flexibility index (Phi) is 4.32. The van der Waals surface area contributed by atoms with Gasteiger partial charge in [0, 0.05) is 12.6 Å². The molecule has 2 N–H and O–H groups in total. The second-order valence-electron chi connectivity index (χ2n) is 3.03. The zero-order valence-electron chi connectivity index (χ0n) is 7.93. The SMILES string of the molecule is CNC(CCO)c1ccc(F)c(Cl)c1. The van der Waals surface area contributed by atoms with Gasteiger partial charge in [-0.1, -0.05) is 17.7 Å². The summed E-state index contributed by atoms with van der Waals surface area (Å²) in [4.78, 5) is 0. The normalized spacial score (nSPS) is 12.9. The van der Waals surface area contributed by atoms with Crippen LogP contribution in [0.5, 0.6) is 0 Å². The van der Waals surface area contributed by atoms with Gasteiger partial charge in [0.15, 0.2) is 0 Å². The van der Waals surface area contributed by atoms with Crippen LogP contribution in [0.15, 0.2) is 18.2 Å². The quantitative estimate of drug-likeness (QED) is 0.810. The number of aliphatic hydroxyl groups excluding tert-OH is 1. The van der Waals surface area contributed by atoms with Crippen LogP contribution in [-0.4, -0.2) is 18.8 Å². The first kappa shape index (κ1) is 11.4. The van der Waals surface area contributed by atoms with E-state index in [1.807, 2.05) is 0 Å². The van der Waals surface area contributed by atoms with Crippen molar-refractivity contribution in [2.45, 2.75) is 12.5 Å². The first-order valence-electron chi connectivity index (χ1n) is 4.42. The summed E-state index contributed by atoms with van der Waals surface area (Å²) < 4.78 is 12.9. The Morgan fingerprint density at radius 1 is 1.57 bits per heavy atom. The van der Waals surface area contributed by atoms with Gasteiger partial charge in [-0.3, -0.25) is 0 Å². The molecule has 1 unspecified atom stereocenters. The lowest BCUT2D eigenvalue weighted by Crippen LogP contribution is -2.17. The highest BCUT2D eigenvalue weighted by molar-refractivity contribution is 6.30. The minimum absolute atomic E-state index is 0.0121. The van der Waals surface area contributed by atoms with Crippen molar-refractivity contribution in [2.75, 3.05) is 13.7 Å². The van der Waals surface area contributed by atoms with E-state index >= 15 is 0 Å². The van der Waals surface area contributed by atoms with E-state index in [1.165, 1.54) is 6.07 Å². The first-order chi connectivity index (χ1) is 6.69. The summed E-state index contributed by atoms with van der Waals surface area (Å²) in [7, 11) is 1.79. The predicted molar refractivity (Wildman–Crippen MR) is 54.9 cm³/mol. The summed E-state index contributed by atoms with van der Waals surface area (Å²) in [6.07, 6.45) is 0.582. The van der Waals surface area contributed by atoms with Gasteiger partial charge < -0.3 is 10.4 Å². The Balaban J connectivity index is 2.88. The third kappa shape index (κ3) is 2.67. The highest BCUT2D eigenvalue weighted by atomic mass is 35.5. The summed E-state index contributed by atoms with van der Waals surface area (Å²) in [5.74, 6) is -0.422. The van der Waals surface area contributed by atoms with Crippen molar-refractivity contribution in [3.8, 4) is 0 Å². The third-order valence-electron chi connectivity index (χ3n) is 2.11. The van der Waals surface area contributed by atoms with E-state index in [1.54, 1.807) is 19.2 Å². The maximum absolute atomic E-state index is 12.9. The van der Waals surface area contributed by atoms with Crippen molar-refractivity contribution < 1.29 is 9.50 Å². The van der Waals surface area contributed by atoms with E-state index in [0.29, 0.717) is 6.42 Å². The van der Waals surface area contributed by atoms with Gasteiger partial charge in [0.1, 0.15) is 5.82 Å². The van der Waals surface area contributed by atoms with Crippen LogP contribution < -0.4 is 5.32 Å². The molecule has 0 radical (unpaired) electrons. The molecule has 2 nitrogen and oxygen atoms in total. The van der Waals surface area contributed by atoms with E-state index in [9.17, 15) is 4.39 Å². The molecule has 0 bridgehead atoms. The average molecular weight is 218 g/mol. The van der Waals surface area contributed by atoms with E-state index < -0.39 is 5.82 Å². The van der Waals surface area contributed by atoms with Gasteiger partial charge >= 0.3 is 0 Å². The van der Waals surface area contributed by atoms with Crippen LogP contribution in [0.2, 0.25) is 5.02 Å². The van der Waals surface area contributed by atoms with Crippen LogP contribution in [0.4, 0.5) is 4.39 Å². The van der Waals surface area contributed by atoms with Crippen LogP contribution in [-0.2, 0) is 0 Å². The van der Waals surface area contributed by atoms with Gasteiger partial charge in [0.2, 0.25) is 0 Å². The zero-order valence-corrected chi connectivity index (χ0v) is 8.68. The Bertz CT molecular complexity index is 306. The molecule has 0 aliphatic heterocycles. The smallest absolute Gasteiger partial charge is 0.141 e. The molecule has 0 fully saturated rings. The Morgan fingerprint density at radius 3 is 2.79 bits per heavy atom. The lowest BCUT2D eigenvalue weighted by atomic mass is 10.0. The molecule has 1 atom stereocenters. The predicted octanol–water partition coefficient (Wildman–Crippen LogP) is 2.12. The van der Waals surface area contributed by atoms with Crippen molar-refractivity contribution in [3.63, 3.8) is 0 Å². The van der Waals surface area contributed by atoms with E-state index in [2.05, 4.69) is 5.32 Å². The molecule has 1 rings (SSSR count). The summed E-state index contributed by atoms with van der Waals surface area (Å²) in [6.45, 7) is 0.0838. The molecule has 0 aromatic heterocycles. The van der Waals surface area contributed by atoms with Crippen LogP contribution in [0.25, 0.3) is 0 Å². The first-order valence-corrected chi connectivity index (χ1v) is 4.80. The molecule has 78 valence electrons. The van der Waals surface area contributed by atoms with Gasteiger partial charge in [-0.05, 0) is 31.2 Å². The molecule has 0 spiro atoms. The standard InChI is InChI=1S/C10H13ClFNO/c1-13-10(4-5-14)7-2-3-9(12)8(11)6-7/h2-3,6,10,13-14H,4-5H2,1H3. The summed E-state index contributed by atoms with van der Waals surface area (Å²) >= 11 is 5.65. The molecule has 1 aromatic carbocycles. The molecule has 4 heteroatoms. The highest BCUT2D eigenvalue weighted by Crippen LogP contribution is 2.22. The number of rotatable bonds is 4. The largest absolute Gasteiger partial charge is 0.396 e. The molecule has 1 aromatic rings. The summed E-state index contributed by atoms with van der Waals surface area (Å²) in [6, 6.07) is 4.59. The fraction of sp³-hybridized carbons (Fsp3) is 0.400. The third-order valence-corrected chi connectivity index (χ3v) is 2.40. The maximum Gasteiger partial charge on any atom is 0.141 e. The molecule has 0 aliphatic rings. The summed E-state index contributed by atoms with van der Waals surface area (Å²) in [5.41, 5.74) is 0.882. The molecule has 0 amide bonds. The molecule has 0 aliphatic carbocycles. The Hall–Kier alpha value is -0.640. The molecule has 0 saturated heterocycles. The van der Waals surface area contributed by atoms with Gasteiger partial charge in [0.05, 0.1) is 5.02 Å². The lowest BCUT2D eigenvalue weighted by Gasteiger charge is -2.15. The number of halogens is 2. The Morgan fingerprint density at radius 2 is 2.29 bits per heavy atom. The minimum atomic E-state index is -0.422. The fourth-order valence-electron chi connectivity index (χ4n) is 1.34. The number of aliphatic hydroxyl groups is 1.